The van der Waals surface area contributed by atoms with Crippen LogP contribution in [0.2, 0.25) is 0 Å². The number of amides is 1. The first-order valence-electron chi connectivity index (χ1n) is 6.05. The minimum absolute atomic E-state index is 0.102. The smallest absolute Gasteiger partial charge is 0.225 e. The van der Waals surface area contributed by atoms with Gasteiger partial charge in [-0.15, -0.1) is 0 Å². The van der Waals surface area contributed by atoms with Gasteiger partial charge in [-0.2, -0.15) is 0 Å². The van der Waals surface area contributed by atoms with Crippen molar-refractivity contribution in [2.75, 3.05) is 11.9 Å². The van der Waals surface area contributed by atoms with Crippen LogP contribution in [-0.2, 0) is 4.79 Å². The van der Waals surface area contributed by atoms with Crippen LogP contribution in [0.1, 0.15) is 24.8 Å². The van der Waals surface area contributed by atoms with Crippen molar-refractivity contribution in [3.8, 4) is 0 Å². The molecule has 98 valence electrons. The lowest BCUT2D eigenvalue weighted by molar-refractivity contribution is -0.116. The molecule has 0 spiro atoms. The number of anilines is 1. The number of benzene rings is 1. The molecule has 1 saturated carbocycles. The lowest BCUT2D eigenvalue weighted by atomic mass is 10.2. The molecule has 0 radical (unpaired) electrons. The second-order valence-corrected chi connectivity index (χ2v) is 4.61. The fraction of sp³-hybridized carbons (Fsp3) is 0.462. The van der Waals surface area contributed by atoms with E-state index < -0.39 is 11.6 Å². The Balaban J connectivity index is 1.87. The van der Waals surface area contributed by atoms with Crippen molar-refractivity contribution in [1.29, 1.82) is 0 Å². The summed E-state index contributed by atoms with van der Waals surface area (Å²) >= 11 is 0. The van der Waals surface area contributed by atoms with Crippen LogP contribution in [0.3, 0.4) is 0 Å². The molecule has 0 unspecified atom stereocenters. The normalized spacial score (nSPS) is 14.6. The Morgan fingerprint density at radius 1 is 1.33 bits per heavy atom. The van der Waals surface area contributed by atoms with Crippen LogP contribution < -0.4 is 10.6 Å². The predicted molar refractivity (Wildman–Crippen MR) is 65.4 cm³/mol. The fourth-order valence-corrected chi connectivity index (χ4v) is 1.63. The zero-order valence-electron chi connectivity index (χ0n) is 10.2. The number of halogens is 2. The third kappa shape index (κ3) is 3.50. The summed E-state index contributed by atoms with van der Waals surface area (Å²) in [5, 5.41) is 5.56. The van der Waals surface area contributed by atoms with Gasteiger partial charge in [0, 0.05) is 25.1 Å². The molecule has 18 heavy (non-hydrogen) atoms. The summed E-state index contributed by atoms with van der Waals surface area (Å²) in [6.07, 6.45) is 2.56. The maximum atomic E-state index is 13.5. The second kappa shape index (κ2) is 5.44. The minimum atomic E-state index is -0.614. The minimum Gasteiger partial charge on any atom is -0.323 e. The molecule has 2 rings (SSSR count). The van der Waals surface area contributed by atoms with Gasteiger partial charge in [-0.1, -0.05) is 0 Å². The molecule has 3 nitrogen and oxygen atoms in total. The van der Waals surface area contributed by atoms with Gasteiger partial charge in [0.15, 0.2) is 0 Å². The molecule has 0 aromatic heterocycles. The molecule has 0 heterocycles. The Hall–Kier alpha value is -1.49. The monoisotopic (exact) mass is 254 g/mol. The van der Waals surface area contributed by atoms with Gasteiger partial charge < -0.3 is 10.6 Å². The van der Waals surface area contributed by atoms with Crippen molar-refractivity contribution in [3.63, 3.8) is 0 Å². The number of carbonyl (C=O) groups excluding carboxylic acids is 1. The van der Waals surface area contributed by atoms with Gasteiger partial charge in [-0.25, -0.2) is 8.78 Å². The third-order valence-corrected chi connectivity index (χ3v) is 2.88. The van der Waals surface area contributed by atoms with Crippen LogP contribution in [0.4, 0.5) is 14.5 Å². The van der Waals surface area contributed by atoms with Crippen LogP contribution in [0.5, 0.6) is 0 Å². The van der Waals surface area contributed by atoms with Gasteiger partial charge in [0.1, 0.15) is 11.6 Å². The van der Waals surface area contributed by atoms with E-state index in [1.807, 2.05) is 0 Å². The quantitative estimate of drug-likeness (QED) is 0.847. The Morgan fingerprint density at radius 2 is 2.06 bits per heavy atom. The van der Waals surface area contributed by atoms with E-state index in [0.29, 0.717) is 12.6 Å². The summed E-state index contributed by atoms with van der Waals surface area (Å²) in [4.78, 5) is 11.5. The SMILES string of the molecule is Cc1cc(F)c(NC(=O)CCNC2CC2)cc1F. The summed E-state index contributed by atoms with van der Waals surface area (Å²) in [6, 6.07) is 2.62. The highest BCUT2D eigenvalue weighted by atomic mass is 19.1. The van der Waals surface area contributed by atoms with Crippen LogP contribution in [-0.4, -0.2) is 18.5 Å². The molecule has 0 bridgehead atoms. The summed E-state index contributed by atoms with van der Waals surface area (Å²) in [5.41, 5.74) is 0.121. The zero-order chi connectivity index (χ0) is 13.1. The summed E-state index contributed by atoms with van der Waals surface area (Å²) in [7, 11) is 0. The number of rotatable bonds is 5. The van der Waals surface area contributed by atoms with E-state index in [4.69, 9.17) is 0 Å². The Kier molecular flexibility index (Phi) is 3.91. The van der Waals surface area contributed by atoms with E-state index in [9.17, 15) is 13.6 Å². The summed E-state index contributed by atoms with van der Waals surface area (Å²) in [6.45, 7) is 2.04. The van der Waals surface area contributed by atoms with Gasteiger partial charge in [0.2, 0.25) is 5.91 Å². The molecule has 1 aliphatic rings. The Labute approximate surface area is 105 Å². The van der Waals surface area contributed by atoms with Gasteiger partial charge in [0.25, 0.3) is 0 Å². The van der Waals surface area contributed by atoms with Crippen molar-refractivity contribution in [2.24, 2.45) is 0 Å². The van der Waals surface area contributed by atoms with Crippen molar-refractivity contribution < 1.29 is 13.6 Å². The maximum absolute atomic E-state index is 13.5. The molecule has 1 aromatic carbocycles. The van der Waals surface area contributed by atoms with E-state index in [2.05, 4.69) is 10.6 Å². The largest absolute Gasteiger partial charge is 0.323 e. The molecule has 0 aliphatic heterocycles. The molecule has 0 saturated heterocycles. The van der Waals surface area contributed by atoms with Crippen molar-refractivity contribution in [2.45, 2.75) is 32.2 Å². The zero-order valence-corrected chi connectivity index (χ0v) is 10.2. The highest BCUT2D eigenvalue weighted by molar-refractivity contribution is 5.91. The lowest BCUT2D eigenvalue weighted by Crippen LogP contribution is -2.23. The molecule has 0 atom stereocenters. The van der Waals surface area contributed by atoms with Crippen LogP contribution >= 0.6 is 0 Å². The number of nitrogens with one attached hydrogen (secondary N) is 2. The van der Waals surface area contributed by atoms with Gasteiger partial charge in [-0.05, 0) is 31.4 Å². The second-order valence-electron chi connectivity index (χ2n) is 4.61. The van der Waals surface area contributed by atoms with Crippen LogP contribution in [0.15, 0.2) is 12.1 Å². The van der Waals surface area contributed by atoms with Gasteiger partial charge >= 0.3 is 0 Å². The molecule has 2 N–H and O–H groups in total. The first-order valence-corrected chi connectivity index (χ1v) is 6.05. The van der Waals surface area contributed by atoms with Crippen molar-refractivity contribution in [3.05, 3.63) is 29.3 Å². The van der Waals surface area contributed by atoms with Gasteiger partial charge in [0.05, 0.1) is 5.69 Å². The average Bonchev–Trinajstić information content (AvgIpc) is 3.10. The predicted octanol–water partition coefficient (Wildman–Crippen LogP) is 2.35. The lowest BCUT2D eigenvalue weighted by Gasteiger charge is -2.08. The van der Waals surface area contributed by atoms with E-state index in [1.165, 1.54) is 6.92 Å². The van der Waals surface area contributed by atoms with Crippen molar-refractivity contribution >= 4 is 11.6 Å². The highest BCUT2D eigenvalue weighted by Crippen LogP contribution is 2.20. The maximum Gasteiger partial charge on any atom is 0.225 e. The molecule has 1 aromatic rings. The molecule has 1 fully saturated rings. The first-order chi connectivity index (χ1) is 8.56. The van der Waals surface area contributed by atoms with Crippen LogP contribution in [0, 0.1) is 18.6 Å². The average molecular weight is 254 g/mol. The fourth-order valence-electron chi connectivity index (χ4n) is 1.63. The van der Waals surface area contributed by atoms with E-state index in [1.54, 1.807) is 0 Å². The van der Waals surface area contributed by atoms with Crippen LogP contribution in [0.25, 0.3) is 0 Å². The molecule has 1 amide bonds. The molecule has 1 aliphatic carbocycles. The first kappa shape index (κ1) is 13.0. The molecule has 5 heteroatoms. The highest BCUT2D eigenvalue weighted by Gasteiger charge is 2.20. The number of carbonyl (C=O) groups is 1. The Bertz CT molecular complexity index is 459. The van der Waals surface area contributed by atoms with Gasteiger partial charge in [-0.3, -0.25) is 4.79 Å². The van der Waals surface area contributed by atoms with E-state index in [0.717, 1.165) is 25.0 Å². The molecular weight excluding hydrogens is 238 g/mol. The summed E-state index contributed by atoms with van der Waals surface area (Å²) in [5.74, 6) is -1.45. The summed E-state index contributed by atoms with van der Waals surface area (Å²) < 4.78 is 26.7. The van der Waals surface area contributed by atoms with Crippen molar-refractivity contribution in [1.82, 2.24) is 5.32 Å². The topological polar surface area (TPSA) is 41.1 Å². The van der Waals surface area contributed by atoms with E-state index >= 15 is 0 Å². The number of hydrogen-bond acceptors (Lipinski definition) is 2. The van der Waals surface area contributed by atoms with E-state index in [-0.39, 0.29) is 23.6 Å². The molecular formula is C13H16F2N2O. The number of aryl methyl sites for hydroxylation is 1. The third-order valence-electron chi connectivity index (χ3n) is 2.88. The Morgan fingerprint density at radius 3 is 2.72 bits per heavy atom. The standard InChI is InChI=1S/C13H16F2N2O/c1-8-6-11(15)12(7-10(8)14)17-13(18)4-5-16-9-2-3-9/h6-7,9,16H,2-5H2,1H3,(H,17,18). The number of hydrogen-bond donors (Lipinski definition) is 2.